The standard InChI is InChI=1S/C24H32ClN3O4S/c1-4-21(28(33(3,30)31)22-15-20(25)10-11-23(22)32-2)24(29)26-16-18-8-7-9-19(14-18)17-27-12-5-6-13-27/h7-11,14-15,21H,4-6,12-13,16-17H2,1-3H3,(H,26,29)/t21-/m0/s1. The first-order valence-corrected chi connectivity index (χ1v) is 13.4. The van der Waals surface area contributed by atoms with E-state index in [1.807, 2.05) is 12.1 Å². The van der Waals surface area contributed by atoms with Crippen molar-refractivity contribution >= 4 is 33.2 Å². The minimum absolute atomic E-state index is 0.238. The van der Waals surface area contributed by atoms with Gasteiger partial charge in [0.25, 0.3) is 0 Å². The Kier molecular flexibility index (Phi) is 8.62. The second kappa shape index (κ2) is 11.2. The van der Waals surface area contributed by atoms with E-state index < -0.39 is 16.1 Å². The maximum atomic E-state index is 13.2. The molecule has 3 rings (SSSR count). The van der Waals surface area contributed by atoms with Crippen LogP contribution < -0.4 is 14.4 Å². The molecule has 33 heavy (non-hydrogen) atoms. The van der Waals surface area contributed by atoms with Gasteiger partial charge in [-0.05, 0) is 61.7 Å². The molecule has 1 aliphatic rings. The predicted octanol–water partition coefficient (Wildman–Crippen LogP) is 3.81. The van der Waals surface area contributed by atoms with Crippen molar-refractivity contribution < 1.29 is 17.9 Å². The number of hydrogen-bond donors (Lipinski definition) is 1. The zero-order chi connectivity index (χ0) is 24.0. The Labute approximate surface area is 201 Å². The van der Waals surface area contributed by atoms with Gasteiger partial charge >= 0.3 is 0 Å². The number of likely N-dealkylation sites (tertiary alicyclic amines) is 1. The highest BCUT2D eigenvalue weighted by Gasteiger charge is 2.33. The summed E-state index contributed by atoms with van der Waals surface area (Å²) in [5.74, 6) is -0.0550. The van der Waals surface area contributed by atoms with E-state index in [4.69, 9.17) is 16.3 Å². The number of hydrogen-bond acceptors (Lipinski definition) is 5. The van der Waals surface area contributed by atoms with Gasteiger partial charge in [0.1, 0.15) is 11.8 Å². The van der Waals surface area contributed by atoms with E-state index in [-0.39, 0.29) is 18.0 Å². The van der Waals surface area contributed by atoms with Crippen LogP contribution in [0, 0.1) is 0 Å². The summed E-state index contributed by atoms with van der Waals surface area (Å²) in [7, 11) is -2.35. The molecule has 7 nitrogen and oxygen atoms in total. The van der Waals surface area contributed by atoms with Crippen LogP contribution in [-0.4, -0.2) is 51.7 Å². The van der Waals surface area contributed by atoms with Crippen LogP contribution in [0.25, 0.3) is 0 Å². The fraction of sp³-hybridized carbons (Fsp3) is 0.458. The summed E-state index contributed by atoms with van der Waals surface area (Å²) >= 11 is 6.13. The topological polar surface area (TPSA) is 79.0 Å². The number of rotatable bonds is 10. The van der Waals surface area contributed by atoms with Gasteiger partial charge in [0.05, 0.1) is 19.1 Å². The van der Waals surface area contributed by atoms with E-state index in [1.54, 1.807) is 19.1 Å². The molecule has 1 atom stereocenters. The van der Waals surface area contributed by atoms with E-state index in [1.165, 1.54) is 31.6 Å². The van der Waals surface area contributed by atoms with Crippen LogP contribution in [0.3, 0.4) is 0 Å². The summed E-state index contributed by atoms with van der Waals surface area (Å²) in [6.07, 6.45) is 3.83. The van der Waals surface area contributed by atoms with Crippen molar-refractivity contribution in [2.24, 2.45) is 0 Å². The number of sulfonamides is 1. The van der Waals surface area contributed by atoms with Gasteiger partial charge in [0.15, 0.2) is 0 Å². The molecule has 1 amide bonds. The Bertz CT molecular complexity index is 1070. The van der Waals surface area contributed by atoms with Crippen molar-refractivity contribution in [1.29, 1.82) is 0 Å². The van der Waals surface area contributed by atoms with Crippen LogP contribution in [0.15, 0.2) is 42.5 Å². The summed E-state index contributed by atoms with van der Waals surface area (Å²) in [4.78, 5) is 15.6. The number of nitrogens with zero attached hydrogens (tertiary/aromatic N) is 2. The fourth-order valence-electron chi connectivity index (χ4n) is 4.21. The van der Waals surface area contributed by atoms with E-state index >= 15 is 0 Å². The molecule has 0 unspecified atom stereocenters. The molecule has 9 heteroatoms. The molecule has 180 valence electrons. The Balaban J connectivity index is 1.77. The first-order chi connectivity index (χ1) is 15.7. The van der Waals surface area contributed by atoms with Crippen molar-refractivity contribution in [3.8, 4) is 5.75 Å². The van der Waals surface area contributed by atoms with Gasteiger partial charge in [-0.2, -0.15) is 0 Å². The van der Waals surface area contributed by atoms with Crippen molar-refractivity contribution in [3.05, 3.63) is 58.6 Å². The van der Waals surface area contributed by atoms with E-state index in [0.717, 1.165) is 35.8 Å². The van der Waals surface area contributed by atoms with Gasteiger partial charge in [-0.3, -0.25) is 14.0 Å². The molecule has 0 aliphatic carbocycles. The molecule has 0 bridgehead atoms. The molecule has 0 saturated carbocycles. The number of amides is 1. The van der Waals surface area contributed by atoms with E-state index in [0.29, 0.717) is 17.3 Å². The zero-order valence-electron chi connectivity index (χ0n) is 19.4. The summed E-state index contributed by atoms with van der Waals surface area (Å²) in [5, 5.41) is 3.26. The lowest BCUT2D eigenvalue weighted by Gasteiger charge is -2.31. The quantitative estimate of drug-likeness (QED) is 0.544. The largest absolute Gasteiger partial charge is 0.495 e. The van der Waals surface area contributed by atoms with Crippen LogP contribution in [-0.2, 0) is 27.9 Å². The van der Waals surface area contributed by atoms with Crippen molar-refractivity contribution in [2.45, 2.75) is 45.3 Å². The number of ether oxygens (including phenoxy) is 1. The molecule has 1 aliphatic heterocycles. The zero-order valence-corrected chi connectivity index (χ0v) is 21.0. The number of nitrogens with one attached hydrogen (secondary N) is 1. The first kappa shape index (κ1) is 25.3. The molecular formula is C24H32ClN3O4S. The maximum absolute atomic E-state index is 13.2. The minimum atomic E-state index is -3.80. The van der Waals surface area contributed by atoms with Gasteiger partial charge in [-0.1, -0.05) is 42.8 Å². The predicted molar refractivity (Wildman–Crippen MR) is 132 cm³/mol. The molecule has 1 heterocycles. The highest BCUT2D eigenvalue weighted by atomic mass is 35.5. The molecular weight excluding hydrogens is 462 g/mol. The van der Waals surface area contributed by atoms with Gasteiger partial charge in [0, 0.05) is 18.1 Å². The van der Waals surface area contributed by atoms with E-state index in [2.05, 4.69) is 22.3 Å². The number of methoxy groups -OCH3 is 1. The van der Waals surface area contributed by atoms with Crippen LogP contribution in [0.5, 0.6) is 5.75 Å². The lowest BCUT2D eigenvalue weighted by atomic mass is 10.1. The molecule has 0 spiro atoms. The monoisotopic (exact) mass is 493 g/mol. The normalized spacial score (nSPS) is 15.3. The van der Waals surface area contributed by atoms with Crippen molar-refractivity contribution in [1.82, 2.24) is 10.2 Å². The number of carbonyl (C=O) groups is 1. The Hall–Kier alpha value is -2.29. The summed E-state index contributed by atoms with van der Waals surface area (Å²) in [5.41, 5.74) is 2.42. The number of benzene rings is 2. The summed E-state index contributed by atoms with van der Waals surface area (Å²) in [6.45, 7) is 5.22. The third kappa shape index (κ3) is 6.62. The average Bonchev–Trinajstić information content (AvgIpc) is 3.28. The molecule has 0 aromatic heterocycles. The molecule has 2 aromatic rings. The molecule has 0 radical (unpaired) electrons. The smallest absolute Gasteiger partial charge is 0.244 e. The van der Waals surface area contributed by atoms with Crippen molar-refractivity contribution in [2.75, 3.05) is 30.8 Å². The fourth-order valence-corrected chi connectivity index (χ4v) is 5.59. The highest BCUT2D eigenvalue weighted by Crippen LogP contribution is 2.34. The summed E-state index contributed by atoms with van der Waals surface area (Å²) in [6, 6.07) is 11.9. The molecule has 1 saturated heterocycles. The maximum Gasteiger partial charge on any atom is 0.244 e. The second-order valence-corrected chi connectivity index (χ2v) is 10.6. The van der Waals surface area contributed by atoms with Crippen LogP contribution in [0.2, 0.25) is 5.02 Å². The van der Waals surface area contributed by atoms with Gasteiger partial charge in [-0.25, -0.2) is 8.42 Å². The van der Waals surface area contributed by atoms with Crippen LogP contribution in [0.4, 0.5) is 5.69 Å². The van der Waals surface area contributed by atoms with Crippen molar-refractivity contribution in [3.63, 3.8) is 0 Å². The lowest BCUT2D eigenvalue weighted by molar-refractivity contribution is -0.122. The third-order valence-electron chi connectivity index (χ3n) is 5.77. The second-order valence-electron chi connectivity index (χ2n) is 8.32. The molecule has 2 aromatic carbocycles. The number of carbonyl (C=O) groups excluding carboxylic acids is 1. The van der Waals surface area contributed by atoms with Crippen LogP contribution in [0.1, 0.15) is 37.3 Å². The van der Waals surface area contributed by atoms with Gasteiger partial charge < -0.3 is 10.1 Å². The average molecular weight is 494 g/mol. The van der Waals surface area contributed by atoms with Gasteiger partial charge in [-0.15, -0.1) is 0 Å². The Morgan fingerprint density at radius 2 is 1.88 bits per heavy atom. The molecule has 1 fully saturated rings. The van der Waals surface area contributed by atoms with Crippen LogP contribution >= 0.6 is 11.6 Å². The lowest BCUT2D eigenvalue weighted by Crippen LogP contribution is -2.49. The number of anilines is 1. The first-order valence-electron chi connectivity index (χ1n) is 11.1. The number of halogens is 1. The molecule has 1 N–H and O–H groups in total. The van der Waals surface area contributed by atoms with Gasteiger partial charge in [0.2, 0.25) is 15.9 Å². The SMILES string of the molecule is CC[C@@H](C(=O)NCc1cccc(CN2CCCC2)c1)N(c1cc(Cl)ccc1OC)S(C)(=O)=O. The third-order valence-corrected chi connectivity index (χ3v) is 7.17. The Morgan fingerprint density at radius 1 is 1.18 bits per heavy atom. The Morgan fingerprint density at radius 3 is 2.52 bits per heavy atom. The summed E-state index contributed by atoms with van der Waals surface area (Å²) < 4.78 is 31.9. The highest BCUT2D eigenvalue weighted by molar-refractivity contribution is 7.92. The van der Waals surface area contributed by atoms with E-state index in [9.17, 15) is 13.2 Å². The minimum Gasteiger partial charge on any atom is -0.495 e.